The van der Waals surface area contributed by atoms with Gasteiger partial charge in [-0.1, -0.05) is 28.1 Å². The highest BCUT2D eigenvalue weighted by atomic mass is 79.9. The molecule has 2 N–H and O–H groups in total. The normalized spacial score (nSPS) is 25.3. The monoisotopic (exact) mass is 517 g/mol. The van der Waals surface area contributed by atoms with Crippen LogP contribution in [0.2, 0.25) is 0 Å². The third kappa shape index (κ3) is 6.19. The van der Waals surface area contributed by atoms with Crippen molar-refractivity contribution in [2.45, 2.75) is 69.4 Å². The van der Waals surface area contributed by atoms with Crippen molar-refractivity contribution in [3.8, 4) is 0 Å². The van der Waals surface area contributed by atoms with Gasteiger partial charge < -0.3 is 19.8 Å². The predicted molar refractivity (Wildman–Crippen MR) is 117 cm³/mol. The molecule has 0 aromatic heterocycles. The molecule has 2 unspecified atom stereocenters. The van der Waals surface area contributed by atoms with E-state index in [0.29, 0.717) is 36.2 Å². The number of hydrogen-bond donors (Lipinski definition) is 2. The molecule has 2 fully saturated rings. The second-order valence-electron chi connectivity index (χ2n) is 8.82. The van der Waals surface area contributed by atoms with Gasteiger partial charge in [0, 0.05) is 29.0 Å². The number of amides is 1. The van der Waals surface area contributed by atoms with Gasteiger partial charge in [0.1, 0.15) is 6.10 Å². The number of carbonyl (C=O) groups excluding carboxylic acids is 1. The van der Waals surface area contributed by atoms with Crippen LogP contribution in [-0.2, 0) is 15.5 Å². The quantitative estimate of drug-likeness (QED) is 0.471. The zero-order valence-corrected chi connectivity index (χ0v) is 19.5. The largest absolute Gasteiger partial charge is 0.481 e. The van der Waals surface area contributed by atoms with Gasteiger partial charge in [-0.05, 0) is 63.0 Å². The zero-order chi connectivity index (χ0) is 23.3. The molecular weight excluding hydrogens is 488 g/mol. The van der Waals surface area contributed by atoms with Gasteiger partial charge in [0.2, 0.25) is 0 Å². The van der Waals surface area contributed by atoms with Crippen LogP contribution in [0.3, 0.4) is 0 Å². The van der Waals surface area contributed by atoms with Crippen LogP contribution in [0.5, 0.6) is 0 Å². The van der Waals surface area contributed by atoms with Crippen molar-refractivity contribution in [3.05, 3.63) is 34.3 Å². The van der Waals surface area contributed by atoms with E-state index < -0.39 is 24.1 Å². The predicted octanol–water partition coefficient (Wildman–Crippen LogP) is 5.17. The summed E-state index contributed by atoms with van der Waals surface area (Å²) in [6.45, 7) is 0.686. The number of carboxylic acids is 1. The summed E-state index contributed by atoms with van der Waals surface area (Å²) in [6.07, 6.45) is 1.97. The lowest BCUT2D eigenvalue weighted by Gasteiger charge is -2.37. The number of halogens is 3. The Morgan fingerprint density at radius 3 is 2.59 bits per heavy atom. The fourth-order valence-corrected chi connectivity index (χ4v) is 5.08. The fourth-order valence-electron chi connectivity index (χ4n) is 4.68. The molecule has 9 heteroatoms. The van der Waals surface area contributed by atoms with E-state index in [0.717, 1.165) is 19.3 Å². The first-order chi connectivity index (χ1) is 15.2. The average Bonchev–Trinajstić information content (AvgIpc) is 2.77. The first-order valence-electron chi connectivity index (χ1n) is 11.2. The Kier molecular flexibility index (Phi) is 8.49. The Labute approximate surface area is 195 Å². The minimum atomic E-state index is -3.40. The standard InChI is InChI=1S/C23H30BrF2NO5/c24-18-3-1-2-17(14-18)23(25,26)20(28)9-8-19-11-13-32-22(31)27(19)12-10-15-4-6-16(7-5-15)21(29)30/h1-3,14-16,19-20,28H,4-13H2,(H,29,30). The van der Waals surface area contributed by atoms with E-state index in [9.17, 15) is 23.5 Å². The Morgan fingerprint density at radius 1 is 1.22 bits per heavy atom. The number of cyclic esters (lactones) is 1. The van der Waals surface area contributed by atoms with Crippen molar-refractivity contribution in [1.82, 2.24) is 4.90 Å². The Hall–Kier alpha value is -1.74. The van der Waals surface area contributed by atoms with Gasteiger partial charge in [0.25, 0.3) is 5.92 Å². The minimum Gasteiger partial charge on any atom is -0.481 e. The van der Waals surface area contributed by atoms with Crippen LogP contribution in [0.1, 0.15) is 56.9 Å². The summed E-state index contributed by atoms with van der Waals surface area (Å²) in [5, 5.41) is 19.4. The van der Waals surface area contributed by atoms with Crippen LogP contribution in [0, 0.1) is 11.8 Å². The number of ether oxygens (including phenoxy) is 1. The molecular formula is C23H30BrF2NO5. The molecule has 0 spiro atoms. The zero-order valence-electron chi connectivity index (χ0n) is 17.9. The first kappa shape index (κ1) is 24.9. The fraction of sp³-hybridized carbons (Fsp3) is 0.652. The Bertz CT molecular complexity index is 800. The van der Waals surface area contributed by atoms with Gasteiger partial charge >= 0.3 is 12.1 Å². The molecule has 2 atom stereocenters. The summed E-state index contributed by atoms with van der Waals surface area (Å²) in [7, 11) is 0. The van der Waals surface area contributed by atoms with Crippen LogP contribution in [0.25, 0.3) is 0 Å². The second kappa shape index (κ2) is 10.9. The molecule has 0 bridgehead atoms. The number of aliphatic hydroxyl groups is 1. The maximum atomic E-state index is 14.7. The molecule has 6 nitrogen and oxygen atoms in total. The van der Waals surface area contributed by atoms with E-state index in [1.165, 1.54) is 18.2 Å². The summed E-state index contributed by atoms with van der Waals surface area (Å²) >= 11 is 3.18. The van der Waals surface area contributed by atoms with Crippen LogP contribution in [0.15, 0.2) is 28.7 Å². The Morgan fingerprint density at radius 2 is 1.94 bits per heavy atom. The number of carboxylic acid groups (broad SMARTS) is 1. The van der Waals surface area contributed by atoms with E-state index >= 15 is 0 Å². The molecule has 1 aliphatic heterocycles. The number of hydrogen-bond acceptors (Lipinski definition) is 4. The van der Waals surface area contributed by atoms with Crippen LogP contribution < -0.4 is 0 Å². The number of aliphatic carboxylic acids is 1. The van der Waals surface area contributed by atoms with Crippen LogP contribution in [-0.4, -0.2) is 52.5 Å². The topological polar surface area (TPSA) is 87.1 Å². The van der Waals surface area contributed by atoms with E-state index in [1.807, 2.05) is 0 Å². The van der Waals surface area contributed by atoms with Gasteiger partial charge in [0.05, 0.1) is 12.5 Å². The second-order valence-corrected chi connectivity index (χ2v) is 9.74. The molecule has 0 radical (unpaired) electrons. The molecule has 1 heterocycles. The van der Waals surface area contributed by atoms with Crippen LogP contribution >= 0.6 is 15.9 Å². The number of rotatable bonds is 9. The van der Waals surface area contributed by atoms with Crippen molar-refractivity contribution in [1.29, 1.82) is 0 Å². The number of nitrogens with zero attached hydrogens (tertiary/aromatic N) is 1. The van der Waals surface area contributed by atoms with E-state index in [-0.39, 0.29) is 37.0 Å². The molecule has 32 heavy (non-hydrogen) atoms. The smallest absolute Gasteiger partial charge is 0.410 e. The third-order valence-corrected chi connectivity index (χ3v) is 7.22. The third-order valence-electron chi connectivity index (χ3n) is 6.73. The van der Waals surface area contributed by atoms with Gasteiger partial charge in [-0.3, -0.25) is 4.79 Å². The first-order valence-corrected chi connectivity index (χ1v) is 12.0. The van der Waals surface area contributed by atoms with Crippen LogP contribution in [0.4, 0.5) is 13.6 Å². The number of alkyl halides is 2. The van der Waals surface area contributed by atoms with Gasteiger partial charge in [-0.2, -0.15) is 8.78 Å². The highest BCUT2D eigenvalue weighted by Crippen LogP contribution is 2.36. The van der Waals surface area contributed by atoms with Crippen molar-refractivity contribution in [2.75, 3.05) is 13.2 Å². The average molecular weight is 518 g/mol. The number of carbonyl (C=O) groups is 2. The summed E-state index contributed by atoms with van der Waals surface area (Å²) in [4.78, 5) is 25.0. The van der Waals surface area contributed by atoms with Gasteiger partial charge in [-0.25, -0.2) is 4.79 Å². The molecule has 1 saturated carbocycles. The Balaban J connectivity index is 1.54. The maximum absolute atomic E-state index is 14.7. The lowest BCUT2D eigenvalue weighted by atomic mass is 9.80. The summed E-state index contributed by atoms with van der Waals surface area (Å²) < 4.78 is 35.1. The van der Waals surface area contributed by atoms with E-state index in [2.05, 4.69) is 15.9 Å². The highest BCUT2D eigenvalue weighted by molar-refractivity contribution is 9.10. The lowest BCUT2D eigenvalue weighted by Crippen LogP contribution is -2.47. The highest BCUT2D eigenvalue weighted by Gasteiger charge is 2.41. The van der Waals surface area contributed by atoms with Crippen molar-refractivity contribution < 1.29 is 33.3 Å². The van der Waals surface area contributed by atoms with Crippen molar-refractivity contribution >= 4 is 28.0 Å². The van der Waals surface area contributed by atoms with E-state index in [4.69, 9.17) is 9.84 Å². The van der Waals surface area contributed by atoms with Crippen molar-refractivity contribution in [2.24, 2.45) is 11.8 Å². The maximum Gasteiger partial charge on any atom is 0.410 e. The molecule has 2 aliphatic rings. The molecule has 1 amide bonds. The number of benzene rings is 1. The SMILES string of the molecule is O=C(O)C1CCC(CCN2C(=O)OCCC2CCC(O)C(F)(F)c2cccc(Br)c2)CC1. The van der Waals surface area contributed by atoms with Gasteiger partial charge in [-0.15, -0.1) is 0 Å². The van der Waals surface area contributed by atoms with Gasteiger partial charge in [0.15, 0.2) is 0 Å². The molecule has 1 aromatic carbocycles. The van der Waals surface area contributed by atoms with E-state index in [1.54, 1.807) is 11.0 Å². The summed E-state index contributed by atoms with van der Waals surface area (Å²) in [5.74, 6) is -4.09. The minimum absolute atomic E-state index is 0.141. The lowest BCUT2D eigenvalue weighted by molar-refractivity contribution is -0.143. The molecule has 3 rings (SSSR count). The number of aliphatic hydroxyl groups excluding tert-OH is 1. The summed E-state index contributed by atoms with van der Waals surface area (Å²) in [5.41, 5.74) is -0.253. The van der Waals surface area contributed by atoms with Crippen molar-refractivity contribution in [3.63, 3.8) is 0 Å². The summed E-state index contributed by atoms with van der Waals surface area (Å²) in [6, 6.07) is 5.47. The molecule has 1 saturated heterocycles. The molecule has 1 aliphatic carbocycles. The molecule has 178 valence electrons. The molecule has 1 aromatic rings.